The van der Waals surface area contributed by atoms with Crippen molar-refractivity contribution in [3.63, 3.8) is 0 Å². The molecule has 0 aromatic heterocycles. The smallest absolute Gasteiger partial charge is 0.253 e. The van der Waals surface area contributed by atoms with Crippen LogP contribution in [0.4, 0.5) is 0 Å². The Kier molecular flexibility index (Phi) is 4.50. The molecule has 1 heterocycles. The number of aliphatic hydroxyl groups is 1. The molecule has 1 aromatic carbocycles. The standard InChI is InChI=1S/C14H18N2O2S/c15-13(19)11-4-1-5-12(7-11)14(18)16-6-2-3-10(8-16)9-17/h1,4-5,7,10,17H,2-3,6,8-9H2,(H2,15,19). The quantitative estimate of drug-likeness (QED) is 0.814. The average Bonchev–Trinajstić information content (AvgIpc) is 2.46. The summed E-state index contributed by atoms with van der Waals surface area (Å²) in [5, 5.41) is 9.21. The molecule has 1 fully saturated rings. The lowest BCUT2D eigenvalue weighted by atomic mass is 9.98. The summed E-state index contributed by atoms with van der Waals surface area (Å²) in [4.78, 5) is 14.5. The van der Waals surface area contributed by atoms with Crippen LogP contribution in [0.5, 0.6) is 0 Å². The van der Waals surface area contributed by atoms with E-state index in [1.807, 2.05) is 0 Å². The number of benzene rings is 1. The van der Waals surface area contributed by atoms with E-state index in [1.54, 1.807) is 29.2 Å². The maximum atomic E-state index is 12.4. The predicted octanol–water partition coefficient (Wildman–Crippen LogP) is 1.17. The molecule has 1 aliphatic heterocycles. The summed E-state index contributed by atoms with van der Waals surface area (Å²) in [6, 6.07) is 7.08. The molecular formula is C14H18N2O2S. The number of likely N-dealkylation sites (tertiary alicyclic amines) is 1. The lowest BCUT2D eigenvalue weighted by molar-refractivity contribution is 0.0620. The van der Waals surface area contributed by atoms with Crippen molar-refractivity contribution in [2.75, 3.05) is 19.7 Å². The Morgan fingerprint density at radius 3 is 2.89 bits per heavy atom. The fourth-order valence-electron chi connectivity index (χ4n) is 2.39. The van der Waals surface area contributed by atoms with E-state index >= 15 is 0 Å². The van der Waals surface area contributed by atoms with Gasteiger partial charge in [-0.25, -0.2) is 0 Å². The molecule has 0 bridgehead atoms. The third kappa shape index (κ3) is 3.30. The van der Waals surface area contributed by atoms with Crippen LogP contribution in [0.25, 0.3) is 0 Å². The first-order chi connectivity index (χ1) is 9.11. The normalized spacial score (nSPS) is 19.2. The first-order valence-corrected chi connectivity index (χ1v) is 6.82. The van der Waals surface area contributed by atoms with E-state index in [2.05, 4.69) is 0 Å². The van der Waals surface area contributed by atoms with Crippen LogP contribution >= 0.6 is 12.2 Å². The molecule has 102 valence electrons. The van der Waals surface area contributed by atoms with Crippen molar-refractivity contribution in [2.45, 2.75) is 12.8 Å². The number of carbonyl (C=O) groups is 1. The van der Waals surface area contributed by atoms with Gasteiger partial charge in [-0.15, -0.1) is 0 Å². The Balaban J connectivity index is 2.14. The fraction of sp³-hybridized carbons (Fsp3) is 0.429. The minimum Gasteiger partial charge on any atom is -0.396 e. The number of hydrogen-bond acceptors (Lipinski definition) is 3. The molecule has 19 heavy (non-hydrogen) atoms. The third-order valence-corrected chi connectivity index (χ3v) is 3.69. The zero-order chi connectivity index (χ0) is 13.8. The zero-order valence-electron chi connectivity index (χ0n) is 10.7. The number of thiocarbonyl (C=S) groups is 1. The van der Waals surface area contributed by atoms with Gasteiger partial charge in [-0.3, -0.25) is 4.79 Å². The van der Waals surface area contributed by atoms with E-state index in [0.29, 0.717) is 22.7 Å². The summed E-state index contributed by atoms with van der Waals surface area (Å²) in [6.07, 6.45) is 1.92. The number of aliphatic hydroxyl groups excluding tert-OH is 1. The van der Waals surface area contributed by atoms with Crippen LogP contribution in [0.3, 0.4) is 0 Å². The van der Waals surface area contributed by atoms with Crippen molar-refractivity contribution < 1.29 is 9.90 Å². The van der Waals surface area contributed by atoms with Crippen LogP contribution in [0, 0.1) is 5.92 Å². The number of nitrogens with two attached hydrogens (primary N) is 1. The molecule has 1 atom stereocenters. The van der Waals surface area contributed by atoms with Gasteiger partial charge in [0.2, 0.25) is 0 Å². The van der Waals surface area contributed by atoms with E-state index in [4.69, 9.17) is 18.0 Å². The Hall–Kier alpha value is -1.46. The Labute approximate surface area is 118 Å². The monoisotopic (exact) mass is 278 g/mol. The summed E-state index contributed by atoms with van der Waals surface area (Å²) < 4.78 is 0. The molecule has 1 unspecified atom stereocenters. The minimum atomic E-state index is -0.0174. The van der Waals surface area contributed by atoms with Crippen molar-refractivity contribution in [3.8, 4) is 0 Å². The second kappa shape index (κ2) is 6.12. The molecule has 0 radical (unpaired) electrons. The van der Waals surface area contributed by atoms with Gasteiger partial charge >= 0.3 is 0 Å². The van der Waals surface area contributed by atoms with Gasteiger partial charge in [0.1, 0.15) is 4.99 Å². The molecule has 1 aliphatic rings. The van der Waals surface area contributed by atoms with E-state index < -0.39 is 0 Å². The first-order valence-electron chi connectivity index (χ1n) is 6.42. The number of amides is 1. The molecule has 3 N–H and O–H groups in total. The molecule has 1 saturated heterocycles. The average molecular weight is 278 g/mol. The van der Waals surface area contributed by atoms with E-state index in [-0.39, 0.29) is 18.4 Å². The molecule has 0 aliphatic carbocycles. The number of rotatable bonds is 3. The zero-order valence-corrected chi connectivity index (χ0v) is 11.5. The first kappa shape index (κ1) is 14.0. The maximum Gasteiger partial charge on any atom is 0.253 e. The van der Waals surface area contributed by atoms with E-state index in [9.17, 15) is 9.90 Å². The molecule has 2 rings (SSSR count). The Bertz CT molecular complexity index is 490. The van der Waals surface area contributed by atoms with Crippen LogP contribution in [-0.4, -0.2) is 40.6 Å². The van der Waals surface area contributed by atoms with Gasteiger partial charge < -0.3 is 15.7 Å². The molecule has 1 aromatic rings. The summed E-state index contributed by atoms with van der Waals surface area (Å²) in [5.41, 5.74) is 6.88. The number of hydrogen-bond donors (Lipinski definition) is 2. The molecule has 4 nitrogen and oxygen atoms in total. The second-order valence-corrected chi connectivity index (χ2v) is 5.33. The van der Waals surface area contributed by atoms with Gasteiger partial charge in [0.05, 0.1) is 0 Å². The third-order valence-electron chi connectivity index (χ3n) is 3.46. The van der Waals surface area contributed by atoms with E-state index in [1.165, 1.54) is 0 Å². The predicted molar refractivity (Wildman–Crippen MR) is 78.0 cm³/mol. The number of nitrogens with zero attached hydrogens (tertiary/aromatic N) is 1. The Morgan fingerprint density at radius 2 is 2.21 bits per heavy atom. The highest BCUT2D eigenvalue weighted by atomic mass is 32.1. The van der Waals surface area contributed by atoms with Gasteiger partial charge in [-0.1, -0.05) is 24.4 Å². The van der Waals surface area contributed by atoms with Crippen LogP contribution in [0.1, 0.15) is 28.8 Å². The van der Waals surface area contributed by atoms with Crippen LogP contribution in [0.2, 0.25) is 0 Å². The largest absolute Gasteiger partial charge is 0.396 e. The maximum absolute atomic E-state index is 12.4. The number of piperidine rings is 1. The highest BCUT2D eigenvalue weighted by Gasteiger charge is 2.24. The second-order valence-electron chi connectivity index (χ2n) is 4.89. The summed E-state index contributed by atoms with van der Waals surface area (Å²) in [5.74, 6) is 0.174. The molecule has 0 spiro atoms. The van der Waals surface area contributed by atoms with Crippen LogP contribution in [-0.2, 0) is 0 Å². The van der Waals surface area contributed by atoms with Gasteiger partial charge in [-0.2, -0.15) is 0 Å². The summed E-state index contributed by atoms with van der Waals surface area (Å²) >= 11 is 4.92. The highest BCUT2D eigenvalue weighted by molar-refractivity contribution is 7.80. The van der Waals surface area contributed by atoms with Gasteiger partial charge in [0.25, 0.3) is 5.91 Å². The molecular weight excluding hydrogens is 260 g/mol. The minimum absolute atomic E-state index is 0.0174. The van der Waals surface area contributed by atoms with Crippen molar-refractivity contribution in [2.24, 2.45) is 11.7 Å². The van der Waals surface area contributed by atoms with Crippen molar-refractivity contribution in [1.82, 2.24) is 4.90 Å². The van der Waals surface area contributed by atoms with Crippen molar-refractivity contribution >= 4 is 23.1 Å². The lowest BCUT2D eigenvalue weighted by Crippen LogP contribution is -2.41. The fourth-order valence-corrected chi connectivity index (χ4v) is 2.51. The highest BCUT2D eigenvalue weighted by Crippen LogP contribution is 2.18. The topological polar surface area (TPSA) is 66.6 Å². The van der Waals surface area contributed by atoms with Gasteiger partial charge in [0.15, 0.2) is 0 Å². The summed E-state index contributed by atoms with van der Waals surface area (Å²) in [6.45, 7) is 1.50. The SMILES string of the molecule is NC(=S)c1cccc(C(=O)N2CCCC(CO)C2)c1. The lowest BCUT2D eigenvalue weighted by Gasteiger charge is -2.32. The van der Waals surface area contributed by atoms with Gasteiger partial charge in [-0.05, 0) is 30.9 Å². The van der Waals surface area contributed by atoms with Crippen LogP contribution in [0.15, 0.2) is 24.3 Å². The Morgan fingerprint density at radius 1 is 1.47 bits per heavy atom. The number of carbonyl (C=O) groups excluding carboxylic acids is 1. The van der Waals surface area contributed by atoms with Gasteiger partial charge in [0, 0.05) is 30.8 Å². The molecule has 0 saturated carbocycles. The van der Waals surface area contributed by atoms with E-state index in [0.717, 1.165) is 19.4 Å². The molecule has 5 heteroatoms. The van der Waals surface area contributed by atoms with Crippen molar-refractivity contribution in [3.05, 3.63) is 35.4 Å². The molecule has 1 amide bonds. The van der Waals surface area contributed by atoms with Crippen LogP contribution < -0.4 is 5.73 Å². The summed E-state index contributed by atoms with van der Waals surface area (Å²) in [7, 11) is 0. The van der Waals surface area contributed by atoms with Crippen molar-refractivity contribution in [1.29, 1.82) is 0 Å².